The zero-order valence-electron chi connectivity index (χ0n) is 15.6. The quantitative estimate of drug-likeness (QED) is 0.565. The van der Waals surface area contributed by atoms with E-state index in [4.69, 9.17) is 0 Å². The van der Waals surface area contributed by atoms with Crippen LogP contribution in [0, 0.1) is 12.7 Å². The van der Waals surface area contributed by atoms with Gasteiger partial charge < -0.3 is 0 Å². The summed E-state index contributed by atoms with van der Waals surface area (Å²) < 4.78 is 42.0. The lowest BCUT2D eigenvalue weighted by atomic mass is 10.1. The number of ketones is 1. The van der Waals surface area contributed by atoms with E-state index >= 15 is 0 Å². The van der Waals surface area contributed by atoms with Gasteiger partial charge in [0.2, 0.25) is 0 Å². The van der Waals surface area contributed by atoms with Crippen LogP contribution in [0.5, 0.6) is 0 Å². The van der Waals surface area contributed by atoms with Crippen LogP contribution in [0.3, 0.4) is 0 Å². The number of nitrogens with zero attached hydrogens (tertiary/aromatic N) is 1. The van der Waals surface area contributed by atoms with Crippen LogP contribution in [0.25, 0.3) is 0 Å². The highest BCUT2D eigenvalue weighted by Crippen LogP contribution is 2.27. The third kappa shape index (κ3) is 4.12. The normalized spacial score (nSPS) is 11.2. The van der Waals surface area contributed by atoms with Gasteiger partial charge in [-0.15, -0.1) is 0 Å². The molecule has 0 saturated heterocycles. The summed E-state index contributed by atoms with van der Waals surface area (Å²) in [5, 5.41) is 0. The van der Waals surface area contributed by atoms with Gasteiger partial charge in [-0.1, -0.05) is 35.9 Å². The van der Waals surface area contributed by atoms with Crippen LogP contribution in [0.1, 0.15) is 28.4 Å². The molecule has 28 heavy (non-hydrogen) atoms. The Morgan fingerprint density at radius 2 is 1.54 bits per heavy atom. The van der Waals surface area contributed by atoms with Crippen molar-refractivity contribution in [3.8, 4) is 0 Å². The van der Waals surface area contributed by atoms with Crippen LogP contribution in [-0.4, -0.2) is 14.2 Å². The van der Waals surface area contributed by atoms with Crippen molar-refractivity contribution in [2.75, 3.05) is 4.31 Å². The minimum absolute atomic E-state index is 0.116. The van der Waals surface area contributed by atoms with Gasteiger partial charge >= 0.3 is 0 Å². The molecule has 3 aromatic rings. The first-order valence-electron chi connectivity index (χ1n) is 8.73. The molecule has 144 valence electrons. The zero-order chi connectivity index (χ0) is 20.3. The summed E-state index contributed by atoms with van der Waals surface area (Å²) in [4.78, 5) is 11.6. The van der Waals surface area contributed by atoms with Gasteiger partial charge in [0, 0.05) is 11.1 Å². The van der Waals surface area contributed by atoms with Gasteiger partial charge in [0.25, 0.3) is 10.0 Å². The monoisotopic (exact) mass is 397 g/mol. The van der Waals surface area contributed by atoms with Gasteiger partial charge in [0.15, 0.2) is 5.78 Å². The van der Waals surface area contributed by atoms with E-state index in [0.717, 1.165) is 9.87 Å². The Labute approximate surface area is 164 Å². The van der Waals surface area contributed by atoms with E-state index in [2.05, 4.69) is 0 Å². The molecule has 4 nitrogen and oxygen atoms in total. The third-order valence-corrected chi connectivity index (χ3v) is 6.23. The highest BCUT2D eigenvalue weighted by Gasteiger charge is 2.26. The number of benzene rings is 3. The van der Waals surface area contributed by atoms with Crippen LogP contribution in [0.4, 0.5) is 10.1 Å². The molecule has 0 aliphatic heterocycles. The molecule has 0 aliphatic rings. The SMILES string of the molecule is CC(=O)c1ccc(N(Cc2ccccc2F)S(=O)(=O)c2ccc(C)cc2)cc1. The molecule has 0 aliphatic carbocycles. The van der Waals surface area contributed by atoms with Crippen molar-refractivity contribution < 1.29 is 17.6 Å². The molecule has 0 saturated carbocycles. The van der Waals surface area contributed by atoms with Crippen molar-refractivity contribution >= 4 is 21.5 Å². The van der Waals surface area contributed by atoms with Gasteiger partial charge in [-0.25, -0.2) is 12.8 Å². The van der Waals surface area contributed by atoms with Crippen molar-refractivity contribution in [3.63, 3.8) is 0 Å². The maximum atomic E-state index is 14.2. The van der Waals surface area contributed by atoms with E-state index in [0.29, 0.717) is 11.3 Å². The molecular weight excluding hydrogens is 377 g/mol. The first kappa shape index (κ1) is 19.8. The molecule has 0 amide bonds. The topological polar surface area (TPSA) is 54.5 Å². The molecule has 0 atom stereocenters. The fourth-order valence-corrected chi connectivity index (χ4v) is 4.24. The summed E-state index contributed by atoms with van der Waals surface area (Å²) >= 11 is 0. The Bertz CT molecular complexity index is 1090. The fourth-order valence-electron chi connectivity index (χ4n) is 2.80. The van der Waals surface area contributed by atoms with E-state index in [1.54, 1.807) is 54.6 Å². The number of hydrogen-bond donors (Lipinski definition) is 0. The van der Waals surface area contributed by atoms with E-state index in [-0.39, 0.29) is 22.8 Å². The molecule has 0 bridgehead atoms. The molecule has 3 rings (SSSR count). The summed E-state index contributed by atoms with van der Waals surface area (Å²) in [6.45, 7) is 3.14. The van der Waals surface area contributed by atoms with Gasteiger partial charge in [0.1, 0.15) is 5.82 Å². The summed E-state index contributed by atoms with van der Waals surface area (Å²) in [6.07, 6.45) is 0. The number of hydrogen-bond acceptors (Lipinski definition) is 3. The van der Waals surface area contributed by atoms with E-state index < -0.39 is 15.8 Å². The third-order valence-electron chi connectivity index (χ3n) is 4.44. The first-order chi connectivity index (χ1) is 13.3. The molecule has 0 heterocycles. The van der Waals surface area contributed by atoms with Crippen molar-refractivity contribution in [1.82, 2.24) is 0 Å². The second-order valence-corrected chi connectivity index (χ2v) is 8.38. The van der Waals surface area contributed by atoms with Crippen molar-refractivity contribution in [2.24, 2.45) is 0 Å². The van der Waals surface area contributed by atoms with E-state index in [1.165, 1.54) is 25.1 Å². The van der Waals surface area contributed by atoms with Gasteiger partial charge in [-0.3, -0.25) is 9.10 Å². The molecule has 0 fully saturated rings. The Balaban J connectivity index is 2.09. The molecule has 0 unspecified atom stereocenters. The van der Waals surface area contributed by atoms with Gasteiger partial charge in [-0.05, 0) is 56.3 Å². The van der Waals surface area contributed by atoms with E-state index in [9.17, 15) is 17.6 Å². The minimum Gasteiger partial charge on any atom is -0.295 e. The molecule has 0 radical (unpaired) electrons. The number of carbonyl (C=O) groups is 1. The second kappa shape index (κ2) is 7.94. The summed E-state index contributed by atoms with van der Waals surface area (Å²) in [5.74, 6) is -0.597. The Hall–Kier alpha value is -2.99. The predicted molar refractivity (Wildman–Crippen MR) is 107 cm³/mol. The predicted octanol–water partition coefficient (Wildman–Crippen LogP) is 4.73. The lowest BCUT2D eigenvalue weighted by molar-refractivity contribution is 0.101. The Kier molecular flexibility index (Phi) is 5.61. The maximum Gasteiger partial charge on any atom is 0.264 e. The smallest absolute Gasteiger partial charge is 0.264 e. The van der Waals surface area contributed by atoms with Crippen LogP contribution >= 0.6 is 0 Å². The highest BCUT2D eigenvalue weighted by atomic mass is 32.2. The average molecular weight is 397 g/mol. The van der Waals surface area contributed by atoms with Crippen LogP contribution in [-0.2, 0) is 16.6 Å². The number of sulfonamides is 1. The van der Waals surface area contributed by atoms with E-state index in [1.807, 2.05) is 6.92 Å². The number of Topliss-reactive ketones (excluding diaryl/α,β-unsaturated/α-hetero) is 1. The average Bonchev–Trinajstić information content (AvgIpc) is 2.67. The Morgan fingerprint density at radius 1 is 0.929 bits per heavy atom. The number of anilines is 1. The minimum atomic E-state index is -3.94. The van der Waals surface area contributed by atoms with Crippen LogP contribution in [0.15, 0.2) is 77.7 Å². The van der Waals surface area contributed by atoms with Gasteiger partial charge in [0.05, 0.1) is 17.1 Å². The number of rotatable bonds is 6. The molecular formula is C22H20FNO3S. The molecule has 0 aromatic heterocycles. The lowest BCUT2D eigenvalue weighted by Crippen LogP contribution is -2.31. The maximum absolute atomic E-state index is 14.2. The molecule has 0 N–H and O–H groups in total. The van der Waals surface area contributed by atoms with Crippen LogP contribution in [0.2, 0.25) is 0 Å². The highest BCUT2D eigenvalue weighted by molar-refractivity contribution is 7.92. The van der Waals surface area contributed by atoms with Crippen LogP contribution < -0.4 is 4.31 Å². The van der Waals surface area contributed by atoms with Crippen molar-refractivity contribution in [1.29, 1.82) is 0 Å². The summed E-state index contributed by atoms with van der Waals surface area (Å²) in [7, 11) is -3.94. The first-order valence-corrected chi connectivity index (χ1v) is 10.2. The molecule has 6 heteroatoms. The number of aryl methyl sites for hydroxylation is 1. The fraction of sp³-hybridized carbons (Fsp3) is 0.136. The van der Waals surface area contributed by atoms with Crippen molar-refractivity contribution in [2.45, 2.75) is 25.3 Å². The standard InChI is InChI=1S/C22H20FNO3S/c1-16-7-13-21(14-8-16)28(26,27)24(15-19-5-3-4-6-22(19)23)20-11-9-18(10-12-20)17(2)25/h3-14H,15H2,1-2H3. The number of carbonyl (C=O) groups excluding carboxylic acids is 1. The second-order valence-electron chi connectivity index (χ2n) is 6.52. The summed E-state index contributed by atoms with van der Waals surface area (Å²) in [5.41, 5.74) is 2.02. The largest absolute Gasteiger partial charge is 0.295 e. The lowest BCUT2D eigenvalue weighted by Gasteiger charge is -2.25. The Morgan fingerprint density at radius 3 is 2.11 bits per heavy atom. The van der Waals surface area contributed by atoms with Crippen molar-refractivity contribution in [3.05, 3.63) is 95.3 Å². The summed E-state index contributed by atoms with van der Waals surface area (Å²) in [6, 6.07) is 18.8. The molecule has 0 spiro atoms. The van der Waals surface area contributed by atoms with Gasteiger partial charge in [-0.2, -0.15) is 0 Å². The number of halogens is 1. The molecule has 3 aromatic carbocycles. The zero-order valence-corrected chi connectivity index (χ0v) is 16.4.